The smallest absolute Gasteiger partial charge is 0.0223 e. The van der Waals surface area contributed by atoms with Crippen LogP contribution in [0.1, 0.15) is 31.7 Å². The fourth-order valence-electron chi connectivity index (χ4n) is 1.90. The van der Waals surface area contributed by atoms with Crippen LogP contribution in [0.25, 0.3) is 0 Å². The van der Waals surface area contributed by atoms with Crippen molar-refractivity contribution in [1.29, 1.82) is 0 Å². The van der Waals surface area contributed by atoms with Crippen LogP contribution in [0, 0.1) is 5.92 Å². The standard InChI is InChI=1S/C11H18N2/c1-2-3-10-6-11(10)13-8-9-4-5-12-7-9/h4-5,7,10-13H,2-3,6,8H2,1H3. The summed E-state index contributed by atoms with van der Waals surface area (Å²) < 4.78 is 0. The molecule has 13 heavy (non-hydrogen) atoms. The second-order valence-electron chi connectivity index (χ2n) is 3.99. The summed E-state index contributed by atoms with van der Waals surface area (Å²) in [6.07, 6.45) is 8.15. The topological polar surface area (TPSA) is 27.8 Å². The lowest BCUT2D eigenvalue weighted by Gasteiger charge is -2.00. The van der Waals surface area contributed by atoms with E-state index in [0.717, 1.165) is 18.5 Å². The summed E-state index contributed by atoms with van der Waals surface area (Å²) in [7, 11) is 0. The van der Waals surface area contributed by atoms with Gasteiger partial charge in [-0.25, -0.2) is 0 Å². The van der Waals surface area contributed by atoms with Crippen molar-refractivity contribution in [3.63, 3.8) is 0 Å². The Kier molecular flexibility index (Phi) is 2.69. The van der Waals surface area contributed by atoms with Crippen LogP contribution in [0.5, 0.6) is 0 Å². The van der Waals surface area contributed by atoms with Crippen molar-refractivity contribution in [3.8, 4) is 0 Å². The average molecular weight is 178 g/mol. The fourth-order valence-corrected chi connectivity index (χ4v) is 1.90. The van der Waals surface area contributed by atoms with Gasteiger partial charge in [0.2, 0.25) is 0 Å². The van der Waals surface area contributed by atoms with Gasteiger partial charge in [-0.2, -0.15) is 0 Å². The summed E-state index contributed by atoms with van der Waals surface area (Å²) >= 11 is 0. The van der Waals surface area contributed by atoms with E-state index in [1.165, 1.54) is 24.8 Å². The van der Waals surface area contributed by atoms with Crippen LogP contribution in [-0.2, 0) is 6.54 Å². The van der Waals surface area contributed by atoms with Gasteiger partial charge in [-0.05, 0) is 30.4 Å². The van der Waals surface area contributed by atoms with Crippen LogP contribution in [0.4, 0.5) is 0 Å². The maximum absolute atomic E-state index is 3.57. The van der Waals surface area contributed by atoms with E-state index in [4.69, 9.17) is 0 Å². The number of hydrogen-bond donors (Lipinski definition) is 2. The van der Waals surface area contributed by atoms with Crippen LogP contribution >= 0.6 is 0 Å². The number of H-pyrrole nitrogens is 1. The molecule has 2 heteroatoms. The van der Waals surface area contributed by atoms with Gasteiger partial charge in [-0.1, -0.05) is 13.3 Å². The first kappa shape index (κ1) is 8.82. The van der Waals surface area contributed by atoms with Gasteiger partial charge in [-0.15, -0.1) is 0 Å². The predicted molar refractivity (Wildman–Crippen MR) is 54.4 cm³/mol. The highest BCUT2D eigenvalue weighted by molar-refractivity contribution is 5.08. The number of aromatic amines is 1. The summed E-state index contributed by atoms with van der Waals surface area (Å²) in [5.74, 6) is 0.962. The molecule has 2 nitrogen and oxygen atoms in total. The van der Waals surface area contributed by atoms with Crippen molar-refractivity contribution in [2.24, 2.45) is 5.92 Å². The largest absolute Gasteiger partial charge is 0.367 e. The number of nitrogens with one attached hydrogen (secondary N) is 2. The van der Waals surface area contributed by atoms with Gasteiger partial charge in [0, 0.05) is 25.0 Å². The molecular formula is C11H18N2. The van der Waals surface area contributed by atoms with E-state index in [1.807, 2.05) is 6.20 Å². The predicted octanol–water partition coefficient (Wildman–Crippen LogP) is 2.29. The van der Waals surface area contributed by atoms with Gasteiger partial charge in [-0.3, -0.25) is 0 Å². The lowest BCUT2D eigenvalue weighted by Crippen LogP contribution is -2.17. The van der Waals surface area contributed by atoms with Gasteiger partial charge in [0.05, 0.1) is 0 Å². The Morgan fingerprint density at radius 2 is 2.54 bits per heavy atom. The Labute approximate surface area is 79.7 Å². The zero-order chi connectivity index (χ0) is 9.10. The normalized spacial score (nSPS) is 26.2. The molecule has 1 aromatic heterocycles. The highest BCUT2D eigenvalue weighted by Gasteiger charge is 2.35. The first-order valence-corrected chi connectivity index (χ1v) is 5.25. The van der Waals surface area contributed by atoms with Crippen LogP contribution < -0.4 is 5.32 Å². The highest BCUT2D eigenvalue weighted by Crippen LogP contribution is 2.34. The summed E-state index contributed by atoms with van der Waals surface area (Å²) in [5.41, 5.74) is 1.36. The minimum Gasteiger partial charge on any atom is -0.367 e. The third-order valence-electron chi connectivity index (χ3n) is 2.81. The second kappa shape index (κ2) is 3.97. The van der Waals surface area contributed by atoms with E-state index >= 15 is 0 Å². The molecule has 1 saturated carbocycles. The zero-order valence-corrected chi connectivity index (χ0v) is 8.22. The molecule has 0 aromatic carbocycles. The lowest BCUT2D eigenvalue weighted by molar-refractivity contribution is 0.599. The Morgan fingerprint density at radius 1 is 1.62 bits per heavy atom. The highest BCUT2D eigenvalue weighted by atomic mass is 15.0. The minimum absolute atomic E-state index is 0.801. The Bertz CT molecular complexity index is 241. The van der Waals surface area contributed by atoms with Gasteiger partial charge < -0.3 is 10.3 Å². The van der Waals surface area contributed by atoms with E-state index in [9.17, 15) is 0 Å². The number of hydrogen-bond acceptors (Lipinski definition) is 1. The third kappa shape index (κ3) is 2.34. The van der Waals surface area contributed by atoms with Gasteiger partial charge in [0.25, 0.3) is 0 Å². The van der Waals surface area contributed by atoms with E-state index in [1.54, 1.807) is 0 Å². The van der Waals surface area contributed by atoms with Crippen molar-refractivity contribution in [2.75, 3.05) is 0 Å². The molecule has 0 amide bonds. The van der Waals surface area contributed by atoms with E-state index in [2.05, 4.69) is 29.5 Å². The van der Waals surface area contributed by atoms with Crippen molar-refractivity contribution in [2.45, 2.75) is 38.8 Å². The van der Waals surface area contributed by atoms with Crippen molar-refractivity contribution in [1.82, 2.24) is 10.3 Å². The van der Waals surface area contributed by atoms with Crippen LogP contribution in [0.3, 0.4) is 0 Å². The molecule has 1 aromatic rings. The Balaban J connectivity index is 1.65. The van der Waals surface area contributed by atoms with Crippen LogP contribution in [-0.4, -0.2) is 11.0 Å². The average Bonchev–Trinajstić information content (AvgIpc) is 2.66. The number of rotatable bonds is 5. The first-order valence-electron chi connectivity index (χ1n) is 5.25. The van der Waals surface area contributed by atoms with E-state index in [-0.39, 0.29) is 0 Å². The zero-order valence-electron chi connectivity index (χ0n) is 8.22. The quantitative estimate of drug-likeness (QED) is 0.711. The molecule has 1 heterocycles. The van der Waals surface area contributed by atoms with Gasteiger partial charge in [0.1, 0.15) is 0 Å². The van der Waals surface area contributed by atoms with E-state index < -0.39 is 0 Å². The van der Waals surface area contributed by atoms with Crippen molar-refractivity contribution in [3.05, 3.63) is 24.0 Å². The fraction of sp³-hybridized carbons (Fsp3) is 0.636. The molecule has 0 bridgehead atoms. The van der Waals surface area contributed by atoms with Gasteiger partial charge >= 0.3 is 0 Å². The molecule has 1 aliphatic carbocycles. The Hall–Kier alpha value is -0.760. The molecule has 2 rings (SSSR count). The molecule has 1 fully saturated rings. The maximum atomic E-state index is 3.57. The van der Waals surface area contributed by atoms with Crippen molar-refractivity contribution >= 4 is 0 Å². The molecular weight excluding hydrogens is 160 g/mol. The first-order chi connectivity index (χ1) is 6.40. The summed E-state index contributed by atoms with van der Waals surface area (Å²) in [6.45, 7) is 3.29. The molecule has 72 valence electrons. The molecule has 0 saturated heterocycles. The minimum atomic E-state index is 0.801. The summed E-state index contributed by atoms with van der Waals surface area (Å²) in [5, 5.41) is 3.57. The molecule has 0 spiro atoms. The molecule has 2 N–H and O–H groups in total. The Morgan fingerprint density at radius 3 is 3.23 bits per heavy atom. The molecule has 2 unspecified atom stereocenters. The second-order valence-corrected chi connectivity index (χ2v) is 3.99. The molecule has 0 radical (unpaired) electrons. The third-order valence-corrected chi connectivity index (χ3v) is 2.81. The summed E-state index contributed by atoms with van der Waals surface area (Å²) in [6, 6.07) is 2.93. The van der Waals surface area contributed by atoms with E-state index in [0.29, 0.717) is 0 Å². The van der Waals surface area contributed by atoms with Crippen LogP contribution in [0.15, 0.2) is 18.5 Å². The molecule has 2 atom stereocenters. The maximum Gasteiger partial charge on any atom is 0.0223 e. The molecule has 0 aliphatic heterocycles. The van der Waals surface area contributed by atoms with Gasteiger partial charge in [0.15, 0.2) is 0 Å². The lowest BCUT2D eigenvalue weighted by atomic mass is 10.2. The van der Waals surface area contributed by atoms with Crippen LogP contribution in [0.2, 0.25) is 0 Å². The monoisotopic (exact) mass is 178 g/mol. The van der Waals surface area contributed by atoms with Crippen molar-refractivity contribution < 1.29 is 0 Å². The molecule has 1 aliphatic rings. The summed E-state index contributed by atoms with van der Waals surface area (Å²) in [4.78, 5) is 3.07. The SMILES string of the molecule is CCCC1CC1NCc1cc[nH]c1. The number of aromatic nitrogens is 1.